The fourth-order valence-electron chi connectivity index (χ4n) is 1.51. The van der Waals surface area contributed by atoms with E-state index in [9.17, 15) is 4.79 Å². The molecule has 0 atom stereocenters. The van der Waals surface area contributed by atoms with Gasteiger partial charge in [0.25, 0.3) is 0 Å². The largest absolute Gasteiger partial charge is 0.353 e. The number of carbonyl (C=O) groups excluding carboxylic acids is 1. The van der Waals surface area contributed by atoms with Gasteiger partial charge < -0.3 is 9.80 Å². The number of quaternary nitrogens is 1. The molecule has 0 spiro atoms. The maximum Gasteiger partial charge on any atom is 0.207 e. The van der Waals surface area contributed by atoms with E-state index in [1.54, 1.807) is 0 Å². The van der Waals surface area contributed by atoms with Crippen LogP contribution >= 0.6 is 0 Å². The van der Waals surface area contributed by atoms with Crippen molar-refractivity contribution in [2.75, 3.05) is 32.7 Å². The zero-order valence-electron chi connectivity index (χ0n) is 8.47. The minimum absolute atomic E-state index is 0.773. The van der Waals surface area contributed by atoms with Crippen LogP contribution in [-0.4, -0.2) is 43.6 Å². The van der Waals surface area contributed by atoms with Gasteiger partial charge >= 0.3 is 0 Å². The van der Waals surface area contributed by atoms with Crippen molar-refractivity contribution in [3.63, 3.8) is 0 Å². The maximum absolute atomic E-state index is 10.0. The monoisotopic (exact) mass is 173 g/mol. The van der Waals surface area contributed by atoms with Crippen molar-refractivity contribution in [3.8, 4) is 0 Å². The van der Waals surface area contributed by atoms with Crippen molar-refractivity contribution >= 4 is 6.41 Å². The number of carbonyl (C=O) groups is 1. The third-order valence-electron chi connectivity index (χ3n) is 2.83. The van der Waals surface area contributed by atoms with Crippen LogP contribution in [0.2, 0.25) is 0 Å². The van der Waals surface area contributed by atoms with Gasteiger partial charge in [0.2, 0.25) is 6.41 Å². The number of amides is 1. The molecular formula is C9H21N2O+. The molecule has 3 nitrogen and oxygen atoms in total. The predicted octanol–water partition coefficient (Wildman–Crippen LogP) is 0.609. The number of likely N-dealkylation sites (N-methyl/N-ethyl adjacent to an activating group) is 1. The topological polar surface area (TPSA) is 29.1 Å². The van der Waals surface area contributed by atoms with Gasteiger partial charge in [-0.05, 0) is 20.8 Å². The molecule has 0 aliphatic heterocycles. The van der Waals surface area contributed by atoms with Crippen LogP contribution in [0, 0.1) is 0 Å². The van der Waals surface area contributed by atoms with Crippen LogP contribution in [0.3, 0.4) is 0 Å². The summed E-state index contributed by atoms with van der Waals surface area (Å²) in [7, 11) is 0. The molecule has 0 aromatic heterocycles. The summed E-state index contributed by atoms with van der Waals surface area (Å²) in [5, 5.41) is 2.71. The molecule has 0 aliphatic rings. The lowest BCUT2D eigenvalue weighted by Gasteiger charge is -2.35. The number of rotatable bonds is 7. The molecule has 0 unspecified atom stereocenters. The summed E-state index contributed by atoms with van der Waals surface area (Å²) in [5.74, 6) is 0. The van der Waals surface area contributed by atoms with Gasteiger partial charge in [-0.1, -0.05) is 0 Å². The van der Waals surface area contributed by atoms with Crippen LogP contribution in [0.4, 0.5) is 0 Å². The van der Waals surface area contributed by atoms with Gasteiger partial charge in [-0.3, -0.25) is 4.79 Å². The average molecular weight is 173 g/mol. The van der Waals surface area contributed by atoms with Gasteiger partial charge in [0.15, 0.2) is 0 Å². The Morgan fingerprint density at radius 2 is 1.67 bits per heavy atom. The van der Waals surface area contributed by atoms with Gasteiger partial charge in [0, 0.05) is 0 Å². The number of hydrogen-bond donors (Lipinski definition) is 1. The second-order valence-corrected chi connectivity index (χ2v) is 3.09. The summed E-state index contributed by atoms with van der Waals surface area (Å²) >= 11 is 0. The number of hydrogen-bond acceptors (Lipinski definition) is 1. The standard InChI is InChI=1S/C9H20N2O/c1-4-11(5-2,6-3)8-7-10-9-12/h9H,4-8H2,1-3H3/p+1. The van der Waals surface area contributed by atoms with Crippen LogP contribution in [0.5, 0.6) is 0 Å². The van der Waals surface area contributed by atoms with Crippen molar-refractivity contribution in [2.24, 2.45) is 0 Å². The summed E-state index contributed by atoms with van der Waals surface area (Å²) in [4.78, 5) is 10.0. The summed E-state index contributed by atoms with van der Waals surface area (Å²) < 4.78 is 1.10. The predicted molar refractivity (Wildman–Crippen MR) is 50.8 cm³/mol. The van der Waals surface area contributed by atoms with E-state index in [1.165, 1.54) is 0 Å². The minimum Gasteiger partial charge on any atom is -0.353 e. The summed E-state index contributed by atoms with van der Waals surface area (Å²) in [6.45, 7) is 11.9. The van der Waals surface area contributed by atoms with Crippen molar-refractivity contribution in [1.82, 2.24) is 5.32 Å². The second kappa shape index (κ2) is 6.00. The third kappa shape index (κ3) is 3.22. The molecule has 0 fully saturated rings. The zero-order valence-corrected chi connectivity index (χ0v) is 8.47. The molecule has 0 saturated heterocycles. The first kappa shape index (κ1) is 11.4. The first-order chi connectivity index (χ1) is 5.74. The lowest BCUT2D eigenvalue weighted by molar-refractivity contribution is -0.922. The van der Waals surface area contributed by atoms with E-state index >= 15 is 0 Å². The Morgan fingerprint density at radius 1 is 1.17 bits per heavy atom. The van der Waals surface area contributed by atoms with Crippen molar-refractivity contribution in [2.45, 2.75) is 20.8 Å². The van der Waals surface area contributed by atoms with E-state index in [-0.39, 0.29) is 0 Å². The molecule has 3 heteroatoms. The normalized spacial score (nSPS) is 11.2. The molecule has 0 heterocycles. The molecule has 1 amide bonds. The highest BCUT2D eigenvalue weighted by Crippen LogP contribution is 2.03. The van der Waals surface area contributed by atoms with Crippen LogP contribution in [0.25, 0.3) is 0 Å². The van der Waals surface area contributed by atoms with E-state index in [0.29, 0.717) is 0 Å². The SMILES string of the molecule is CC[N+](CC)(CC)CCNC=O. The Morgan fingerprint density at radius 3 is 2.00 bits per heavy atom. The molecule has 0 bridgehead atoms. The molecule has 72 valence electrons. The fraction of sp³-hybridized carbons (Fsp3) is 0.889. The van der Waals surface area contributed by atoms with Gasteiger partial charge in [0.05, 0.1) is 32.7 Å². The van der Waals surface area contributed by atoms with Gasteiger partial charge in [-0.25, -0.2) is 0 Å². The molecule has 0 aromatic rings. The molecule has 0 aliphatic carbocycles. The number of nitrogens with one attached hydrogen (secondary N) is 1. The maximum atomic E-state index is 10.0. The van der Waals surface area contributed by atoms with Crippen LogP contribution < -0.4 is 5.32 Å². The fourth-order valence-corrected chi connectivity index (χ4v) is 1.51. The Kier molecular flexibility index (Phi) is 5.72. The smallest absolute Gasteiger partial charge is 0.207 e. The number of nitrogens with zero attached hydrogens (tertiary/aromatic N) is 1. The lowest BCUT2D eigenvalue weighted by atomic mass is 10.3. The highest BCUT2D eigenvalue weighted by atomic mass is 16.1. The molecule has 0 saturated carbocycles. The highest BCUT2D eigenvalue weighted by molar-refractivity contribution is 5.45. The van der Waals surface area contributed by atoms with E-state index in [4.69, 9.17) is 0 Å². The molecule has 1 N–H and O–H groups in total. The third-order valence-corrected chi connectivity index (χ3v) is 2.83. The van der Waals surface area contributed by atoms with Crippen molar-refractivity contribution in [1.29, 1.82) is 0 Å². The molecular weight excluding hydrogens is 152 g/mol. The Hall–Kier alpha value is -0.570. The van der Waals surface area contributed by atoms with Crippen molar-refractivity contribution < 1.29 is 9.28 Å². The summed E-state index contributed by atoms with van der Waals surface area (Å²) in [6.07, 6.45) is 0.773. The molecule has 12 heavy (non-hydrogen) atoms. The Bertz CT molecular complexity index is 113. The Balaban J connectivity index is 3.84. The highest BCUT2D eigenvalue weighted by Gasteiger charge is 2.19. The lowest BCUT2D eigenvalue weighted by Crippen LogP contribution is -2.50. The van der Waals surface area contributed by atoms with Crippen LogP contribution in [0.1, 0.15) is 20.8 Å². The second-order valence-electron chi connectivity index (χ2n) is 3.09. The van der Waals surface area contributed by atoms with Crippen LogP contribution in [-0.2, 0) is 4.79 Å². The van der Waals surface area contributed by atoms with Gasteiger partial charge in [-0.15, -0.1) is 0 Å². The van der Waals surface area contributed by atoms with E-state index in [1.807, 2.05) is 0 Å². The van der Waals surface area contributed by atoms with E-state index in [0.717, 1.165) is 43.6 Å². The molecule has 0 radical (unpaired) electrons. The zero-order chi connectivity index (χ0) is 9.45. The molecule has 0 aromatic carbocycles. The van der Waals surface area contributed by atoms with Crippen LogP contribution in [0.15, 0.2) is 0 Å². The average Bonchev–Trinajstić information content (AvgIpc) is 2.14. The van der Waals surface area contributed by atoms with Gasteiger partial charge in [-0.2, -0.15) is 0 Å². The summed E-state index contributed by atoms with van der Waals surface area (Å²) in [5.41, 5.74) is 0. The van der Waals surface area contributed by atoms with E-state index in [2.05, 4.69) is 26.1 Å². The minimum atomic E-state index is 0.773. The summed E-state index contributed by atoms with van der Waals surface area (Å²) in [6, 6.07) is 0. The van der Waals surface area contributed by atoms with E-state index < -0.39 is 0 Å². The first-order valence-corrected chi connectivity index (χ1v) is 4.76. The quantitative estimate of drug-likeness (QED) is 0.341. The van der Waals surface area contributed by atoms with Gasteiger partial charge in [0.1, 0.15) is 0 Å². The Labute approximate surface area is 75.3 Å². The first-order valence-electron chi connectivity index (χ1n) is 4.76. The van der Waals surface area contributed by atoms with Crippen molar-refractivity contribution in [3.05, 3.63) is 0 Å². The molecule has 0 rings (SSSR count).